The van der Waals surface area contributed by atoms with Crippen LogP contribution in [0.1, 0.15) is 12.8 Å². The minimum atomic E-state index is -0.742. The average Bonchev–Trinajstić information content (AvgIpc) is 2.61. The summed E-state index contributed by atoms with van der Waals surface area (Å²) in [5.41, 5.74) is 1.09. The van der Waals surface area contributed by atoms with Crippen molar-refractivity contribution in [2.45, 2.75) is 12.8 Å². The lowest BCUT2D eigenvalue weighted by atomic mass is 10.3. The van der Waals surface area contributed by atoms with E-state index in [-0.39, 0.29) is 24.7 Å². The van der Waals surface area contributed by atoms with Crippen molar-refractivity contribution in [3.8, 4) is 5.75 Å². The van der Waals surface area contributed by atoms with Gasteiger partial charge in [0, 0.05) is 38.3 Å². The Kier molecular flexibility index (Phi) is 7.19. The zero-order chi connectivity index (χ0) is 18.1. The quantitative estimate of drug-likeness (QED) is 0.707. The third kappa shape index (κ3) is 6.41. The summed E-state index contributed by atoms with van der Waals surface area (Å²) in [5, 5.41) is 2.84. The Balaban J connectivity index is 1.59. The topological polar surface area (TPSA) is 41.6 Å². The normalized spacial score (nSPS) is 10.4. The molecule has 0 aliphatic heterocycles. The van der Waals surface area contributed by atoms with E-state index in [1.54, 1.807) is 0 Å². The van der Waals surface area contributed by atoms with Crippen molar-refractivity contribution in [1.29, 1.82) is 0 Å². The standard InChI is InChI=1S/C19H22F2N2O2/c1-23(16-6-3-2-4-7-16)12-11-22-19(24)8-5-13-25-18-10-9-15(20)14-17(18)21/h2-4,6-7,9-10,14H,5,8,11-13H2,1H3,(H,22,24). The molecule has 0 saturated carbocycles. The van der Waals surface area contributed by atoms with Crippen LogP contribution in [-0.4, -0.2) is 32.7 Å². The highest BCUT2D eigenvalue weighted by Gasteiger charge is 2.06. The van der Waals surface area contributed by atoms with Crippen molar-refractivity contribution in [3.05, 3.63) is 60.2 Å². The molecule has 0 aliphatic rings. The van der Waals surface area contributed by atoms with Crippen molar-refractivity contribution in [2.24, 2.45) is 0 Å². The van der Waals surface area contributed by atoms with E-state index in [0.29, 0.717) is 19.5 Å². The van der Waals surface area contributed by atoms with Crippen LogP contribution in [-0.2, 0) is 4.79 Å². The number of rotatable bonds is 9. The summed E-state index contributed by atoms with van der Waals surface area (Å²) in [7, 11) is 1.96. The van der Waals surface area contributed by atoms with Crippen LogP contribution in [0.5, 0.6) is 5.75 Å². The Hall–Kier alpha value is -2.63. The molecule has 0 fully saturated rings. The number of ether oxygens (including phenoxy) is 1. The number of halogens is 2. The number of hydrogen-bond donors (Lipinski definition) is 1. The van der Waals surface area contributed by atoms with Crippen LogP contribution >= 0.6 is 0 Å². The SMILES string of the molecule is CN(CCNC(=O)CCCOc1ccc(F)cc1F)c1ccccc1. The van der Waals surface area contributed by atoms with E-state index in [1.165, 1.54) is 6.07 Å². The van der Waals surface area contributed by atoms with Crippen LogP contribution in [0.15, 0.2) is 48.5 Å². The first kappa shape index (κ1) is 18.7. The van der Waals surface area contributed by atoms with Crippen LogP contribution in [0.3, 0.4) is 0 Å². The highest BCUT2D eigenvalue weighted by atomic mass is 19.1. The van der Waals surface area contributed by atoms with E-state index in [0.717, 1.165) is 17.8 Å². The smallest absolute Gasteiger partial charge is 0.220 e. The number of carbonyl (C=O) groups excluding carboxylic acids is 1. The maximum atomic E-state index is 13.4. The van der Waals surface area contributed by atoms with Gasteiger partial charge < -0.3 is 15.0 Å². The maximum Gasteiger partial charge on any atom is 0.220 e. The third-order valence-corrected chi connectivity index (χ3v) is 3.67. The number of benzene rings is 2. The predicted octanol–water partition coefficient (Wildman–Crippen LogP) is 3.38. The summed E-state index contributed by atoms with van der Waals surface area (Å²) < 4.78 is 31.4. The van der Waals surface area contributed by atoms with E-state index in [9.17, 15) is 13.6 Å². The van der Waals surface area contributed by atoms with Crippen LogP contribution in [0.4, 0.5) is 14.5 Å². The number of anilines is 1. The molecule has 0 aliphatic carbocycles. The molecule has 0 bridgehead atoms. The van der Waals surface area contributed by atoms with Gasteiger partial charge in [-0.15, -0.1) is 0 Å². The van der Waals surface area contributed by atoms with Gasteiger partial charge in [0.05, 0.1) is 6.61 Å². The number of para-hydroxylation sites is 1. The van der Waals surface area contributed by atoms with Crippen LogP contribution in [0.2, 0.25) is 0 Å². The van der Waals surface area contributed by atoms with Crippen molar-refractivity contribution in [3.63, 3.8) is 0 Å². The number of amides is 1. The molecule has 0 heterocycles. The molecule has 0 spiro atoms. The number of hydrogen-bond acceptors (Lipinski definition) is 3. The summed E-state index contributed by atoms with van der Waals surface area (Å²) in [5.74, 6) is -1.48. The second-order valence-corrected chi connectivity index (χ2v) is 5.63. The zero-order valence-electron chi connectivity index (χ0n) is 14.2. The first-order valence-electron chi connectivity index (χ1n) is 8.17. The van der Waals surface area contributed by atoms with Gasteiger partial charge in [-0.3, -0.25) is 4.79 Å². The van der Waals surface area contributed by atoms with Gasteiger partial charge in [0.15, 0.2) is 11.6 Å². The first-order chi connectivity index (χ1) is 12.1. The number of carbonyl (C=O) groups is 1. The molecule has 0 radical (unpaired) electrons. The van der Waals surface area contributed by atoms with Gasteiger partial charge in [0.1, 0.15) is 5.82 Å². The summed E-state index contributed by atoms with van der Waals surface area (Å²) in [6, 6.07) is 13.0. The fraction of sp³-hybridized carbons (Fsp3) is 0.316. The summed E-state index contributed by atoms with van der Waals surface area (Å²) in [6.07, 6.45) is 0.745. The minimum Gasteiger partial charge on any atom is -0.491 e. The predicted molar refractivity (Wildman–Crippen MR) is 93.8 cm³/mol. The summed E-state index contributed by atoms with van der Waals surface area (Å²) in [6.45, 7) is 1.44. The zero-order valence-corrected chi connectivity index (χ0v) is 14.2. The lowest BCUT2D eigenvalue weighted by molar-refractivity contribution is -0.121. The van der Waals surface area contributed by atoms with Gasteiger partial charge in [0.25, 0.3) is 0 Å². The second-order valence-electron chi connectivity index (χ2n) is 5.63. The van der Waals surface area contributed by atoms with Crippen LogP contribution < -0.4 is 15.0 Å². The Bertz CT molecular complexity index is 680. The average molecular weight is 348 g/mol. The Morgan fingerprint density at radius 2 is 1.92 bits per heavy atom. The van der Waals surface area contributed by atoms with Crippen molar-refractivity contribution < 1.29 is 18.3 Å². The highest BCUT2D eigenvalue weighted by Crippen LogP contribution is 2.17. The number of likely N-dealkylation sites (N-methyl/N-ethyl adjacent to an activating group) is 1. The second kappa shape index (κ2) is 9.61. The lowest BCUT2D eigenvalue weighted by Crippen LogP contribution is -2.33. The molecular weight excluding hydrogens is 326 g/mol. The molecule has 2 aromatic carbocycles. The maximum absolute atomic E-state index is 13.4. The molecule has 0 atom stereocenters. The van der Waals surface area contributed by atoms with Gasteiger partial charge >= 0.3 is 0 Å². The fourth-order valence-corrected chi connectivity index (χ4v) is 2.27. The molecule has 25 heavy (non-hydrogen) atoms. The molecule has 1 amide bonds. The molecule has 6 heteroatoms. The van der Waals surface area contributed by atoms with Crippen LogP contribution in [0, 0.1) is 11.6 Å². The van der Waals surface area contributed by atoms with Crippen molar-refractivity contribution in [1.82, 2.24) is 5.32 Å². The van der Waals surface area contributed by atoms with E-state index in [1.807, 2.05) is 37.4 Å². The summed E-state index contributed by atoms with van der Waals surface area (Å²) in [4.78, 5) is 13.8. The van der Waals surface area contributed by atoms with Crippen LogP contribution in [0.25, 0.3) is 0 Å². The molecular formula is C19H22F2N2O2. The molecule has 1 N–H and O–H groups in total. The molecule has 2 aromatic rings. The van der Waals surface area contributed by atoms with E-state index < -0.39 is 11.6 Å². The van der Waals surface area contributed by atoms with E-state index in [2.05, 4.69) is 10.2 Å². The molecule has 0 aromatic heterocycles. The Morgan fingerprint density at radius 3 is 2.64 bits per heavy atom. The first-order valence-corrected chi connectivity index (χ1v) is 8.17. The number of nitrogens with one attached hydrogen (secondary N) is 1. The van der Waals surface area contributed by atoms with Gasteiger partial charge in [-0.05, 0) is 30.7 Å². The Morgan fingerprint density at radius 1 is 1.16 bits per heavy atom. The van der Waals surface area contributed by atoms with Crippen molar-refractivity contribution in [2.75, 3.05) is 31.6 Å². The minimum absolute atomic E-state index is 0.00806. The van der Waals surface area contributed by atoms with Crippen molar-refractivity contribution >= 4 is 11.6 Å². The molecule has 0 unspecified atom stereocenters. The summed E-state index contributed by atoms with van der Waals surface area (Å²) >= 11 is 0. The fourth-order valence-electron chi connectivity index (χ4n) is 2.27. The van der Waals surface area contributed by atoms with Gasteiger partial charge in [0.2, 0.25) is 5.91 Å². The Labute approximate surface area is 146 Å². The largest absolute Gasteiger partial charge is 0.491 e. The lowest BCUT2D eigenvalue weighted by Gasteiger charge is -2.19. The number of nitrogens with zero attached hydrogens (tertiary/aromatic N) is 1. The van der Waals surface area contributed by atoms with Gasteiger partial charge in [-0.25, -0.2) is 8.78 Å². The molecule has 134 valence electrons. The monoisotopic (exact) mass is 348 g/mol. The van der Waals surface area contributed by atoms with Gasteiger partial charge in [-0.2, -0.15) is 0 Å². The third-order valence-electron chi connectivity index (χ3n) is 3.67. The van der Waals surface area contributed by atoms with E-state index >= 15 is 0 Å². The molecule has 0 saturated heterocycles. The molecule has 4 nitrogen and oxygen atoms in total. The van der Waals surface area contributed by atoms with E-state index in [4.69, 9.17) is 4.74 Å². The highest BCUT2D eigenvalue weighted by molar-refractivity contribution is 5.75. The molecule has 2 rings (SSSR count). The van der Waals surface area contributed by atoms with Gasteiger partial charge in [-0.1, -0.05) is 18.2 Å².